The van der Waals surface area contributed by atoms with E-state index in [4.69, 9.17) is 21.1 Å². The third-order valence-corrected chi connectivity index (χ3v) is 4.37. The maximum Gasteiger partial charge on any atom is 0.161 e. The van der Waals surface area contributed by atoms with E-state index in [9.17, 15) is 0 Å². The number of ether oxygens (including phenoxy) is 2. The molecule has 1 aliphatic rings. The zero-order valence-corrected chi connectivity index (χ0v) is 14.7. The molecule has 0 amide bonds. The van der Waals surface area contributed by atoms with E-state index in [2.05, 4.69) is 26.1 Å². The molecule has 1 aromatic heterocycles. The SMILES string of the molecule is COc1ccc(CN2CCN(c3ccc(Cl)nn3)CC2)cc1OC. The second-order valence-electron chi connectivity index (χ2n) is 5.67. The Labute approximate surface area is 146 Å². The summed E-state index contributed by atoms with van der Waals surface area (Å²) in [6.45, 7) is 4.67. The normalized spacial score (nSPS) is 15.4. The van der Waals surface area contributed by atoms with Crippen LogP contribution in [0.1, 0.15) is 5.56 Å². The molecule has 0 spiro atoms. The van der Waals surface area contributed by atoms with Gasteiger partial charge < -0.3 is 14.4 Å². The van der Waals surface area contributed by atoms with Crippen molar-refractivity contribution in [1.82, 2.24) is 15.1 Å². The second-order valence-corrected chi connectivity index (χ2v) is 6.05. The molecule has 24 heavy (non-hydrogen) atoms. The predicted octanol–water partition coefficient (Wildman–Crippen LogP) is 2.47. The van der Waals surface area contributed by atoms with Crippen LogP contribution in [0.15, 0.2) is 30.3 Å². The van der Waals surface area contributed by atoms with Gasteiger partial charge >= 0.3 is 0 Å². The summed E-state index contributed by atoms with van der Waals surface area (Å²) in [7, 11) is 3.31. The number of hydrogen-bond donors (Lipinski definition) is 0. The van der Waals surface area contributed by atoms with Crippen molar-refractivity contribution in [2.45, 2.75) is 6.54 Å². The summed E-state index contributed by atoms with van der Waals surface area (Å²) in [6.07, 6.45) is 0. The minimum atomic E-state index is 0.422. The summed E-state index contributed by atoms with van der Waals surface area (Å²) >= 11 is 5.79. The highest BCUT2D eigenvalue weighted by Crippen LogP contribution is 2.28. The summed E-state index contributed by atoms with van der Waals surface area (Å²) in [5.41, 5.74) is 1.22. The van der Waals surface area contributed by atoms with Crippen molar-refractivity contribution in [3.63, 3.8) is 0 Å². The maximum atomic E-state index is 5.79. The highest BCUT2D eigenvalue weighted by Gasteiger charge is 2.19. The number of rotatable bonds is 5. The van der Waals surface area contributed by atoms with Gasteiger partial charge in [0.15, 0.2) is 22.5 Å². The van der Waals surface area contributed by atoms with Crippen molar-refractivity contribution in [3.8, 4) is 11.5 Å². The molecule has 0 atom stereocenters. The molecule has 1 aromatic carbocycles. The number of anilines is 1. The Bertz CT molecular complexity index is 673. The Hall–Kier alpha value is -2.05. The van der Waals surface area contributed by atoms with Crippen LogP contribution in [-0.2, 0) is 6.54 Å². The first-order valence-corrected chi connectivity index (χ1v) is 8.25. The molecular weight excluding hydrogens is 328 g/mol. The van der Waals surface area contributed by atoms with Crippen molar-refractivity contribution >= 4 is 17.4 Å². The zero-order valence-electron chi connectivity index (χ0n) is 13.9. The monoisotopic (exact) mass is 348 g/mol. The average molecular weight is 349 g/mol. The van der Waals surface area contributed by atoms with Crippen LogP contribution in [0.3, 0.4) is 0 Å². The summed E-state index contributed by atoms with van der Waals surface area (Å²) in [4.78, 5) is 4.65. The van der Waals surface area contributed by atoms with Gasteiger partial charge in [0.05, 0.1) is 14.2 Å². The molecule has 128 valence electrons. The van der Waals surface area contributed by atoms with Crippen LogP contribution in [0.5, 0.6) is 11.5 Å². The van der Waals surface area contributed by atoms with Gasteiger partial charge in [0, 0.05) is 32.7 Å². The number of halogens is 1. The fourth-order valence-electron chi connectivity index (χ4n) is 2.85. The van der Waals surface area contributed by atoms with Gasteiger partial charge in [-0.05, 0) is 29.8 Å². The lowest BCUT2D eigenvalue weighted by atomic mass is 10.1. The fraction of sp³-hybridized carbons (Fsp3) is 0.412. The first kappa shape index (κ1) is 16.8. The summed E-state index contributed by atoms with van der Waals surface area (Å²) < 4.78 is 10.7. The molecule has 1 aliphatic heterocycles. The standard InChI is InChI=1S/C17H21ClN4O2/c1-23-14-4-3-13(11-15(14)24-2)12-21-7-9-22(10-8-21)17-6-5-16(18)19-20-17/h3-6,11H,7-10,12H2,1-2H3. The highest BCUT2D eigenvalue weighted by molar-refractivity contribution is 6.29. The van der Waals surface area contributed by atoms with Crippen molar-refractivity contribution in [3.05, 3.63) is 41.0 Å². The van der Waals surface area contributed by atoms with Gasteiger partial charge in [0.2, 0.25) is 0 Å². The van der Waals surface area contributed by atoms with Crippen molar-refractivity contribution in [1.29, 1.82) is 0 Å². The Morgan fingerprint density at radius 1 is 0.958 bits per heavy atom. The first-order valence-electron chi connectivity index (χ1n) is 7.87. The van der Waals surface area contributed by atoms with Crippen LogP contribution in [-0.4, -0.2) is 55.5 Å². The van der Waals surface area contributed by atoms with Crippen LogP contribution in [0.2, 0.25) is 5.15 Å². The van der Waals surface area contributed by atoms with Gasteiger partial charge in [0.1, 0.15) is 0 Å². The number of piperazine rings is 1. The highest BCUT2D eigenvalue weighted by atomic mass is 35.5. The topological polar surface area (TPSA) is 50.7 Å². The number of benzene rings is 1. The van der Waals surface area contributed by atoms with Gasteiger partial charge in [-0.15, -0.1) is 10.2 Å². The molecule has 2 heterocycles. The molecule has 0 aliphatic carbocycles. The molecule has 6 nitrogen and oxygen atoms in total. The van der Waals surface area contributed by atoms with Crippen molar-refractivity contribution in [2.24, 2.45) is 0 Å². The summed E-state index contributed by atoms with van der Waals surface area (Å²) in [5, 5.41) is 8.48. The van der Waals surface area contributed by atoms with Crippen LogP contribution in [0.4, 0.5) is 5.82 Å². The Balaban J connectivity index is 1.58. The van der Waals surface area contributed by atoms with E-state index in [1.807, 2.05) is 18.2 Å². The van der Waals surface area contributed by atoms with Gasteiger partial charge in [-0.1, -0.05) is 17.7 Å². The largest absolute Gasteiger partial charge is 0.493 e. The average Bonchev–Trinajstić information content (AvgIpc) is 2.63. The van der Waals surface area contributed by atoms with Gasteiger partial charge in [-0.3, -0.25) is 4.90 Å². The fourth-order valence-corrected chi connectivity index (χ4v) is 2.95. The smallest absolute Gasteiger partial charge is 0.161 e. The molecular formula is C17H21ClN4O2. The van der Waals surface area contributed by atoms with E-state index in [1.165, 1.54) is 5.56 Å². The molecule has 7 heteroatoms. The Morgan fingerprint density at radius 2 is 1.71 bits per heavy atom. The lowest BCUT2D eigenvalue weighted by Gasteiger charge is -2.35. The molecule has 1 saturated heterocycles. The van der Waals surface area contributed by atoms with Crippen LogP contribution in [0, 0.1) is 0 Å². The molecule has 3 rings (SSSR count). The Kier molecular flexibility index (Phi) is 5.37. The lowest BCUT2D eigenvalue weighted by Crippen LogP contribution is -2.46. The number of nitrogens with zero attached hydrogens (tertiary/aromatic N) is 4. The van der Waals surface area contributed by atoms with E-state index >= 15 is 0 Å². The van der Waals surface area contributed by atoms with Crippen LogP contribution < -0.4 is 14.4 Å². The Morgan fingerprint density at radius 3 is 2.33 bits per heavy atom. The number of hydrogen-bond acceptors (Lipinski definition) is 6. The quantitative estimate of drug-likeness (QED) is 0.827. The number of methoxy groups -OCH3 is 2. The number of aromatic nitrogens is 2. The van der Waals surface area contributed by atoms with Crippen molar-refractivity contribution in [2.75, 3.05) is 45.3 Å². The minimum Gasteiger partial charge on any atom is -0.493 e. The van der Waals surface area contributed by atoms with E-state index < -0.39 is 0 Å². The van der Waals surface area contributed by atoms with E-state index in [-0.39, 0.29) is 0 Å². The van der Waals surface area contributed by atoms with Gasteiger partial charge in [0.25, 0.3) is 0 Å². The van der Waals surface area contributed by atoms with Crippen LogP contribution in [0.25, 0.3) is 0 Å². The molecule has 0 N–H and O–H groups in total. The van der Waals surface area contributed by atoms with Crippen LogP contribution >= 0.6 is 11.6 Å². The first-order chi connectivity index (χ1) is 11.7. The van der Waals surface area contributed by atoms with E-state index in [0.29, 0.717) is 5.15 Å². The predicted molar refractivity (Wildman–Crippen MR) is 94.1 cm³/mol. The lowest BCUT2D eigenvalue weighted by molar-refractivity contribution is 0.248. The molecule has 0 unspecified atom stereocenters. The summed E-state index contributed by atoms with van der Waals surface area (Å²) in [5.74, 6) is 2.41. The van der Waals surface area contributed by atoms with E-state index in [0.717, 1.165) is 50.0 Å². The van der Waals surface area contributed by atoms with Gasteiger partial charge in [-0.2, -0.15) is 0 Å². The zero-order chi connectivity index (χ0) is 16.9. The third-order valence-electron chi connectivity index (χ3n) is 4.17. The molecule has 0 bridgehead atoms. The van der Waals surface area contributed by atoms with Crippen molar-refractivity contribution < 1.29 is 9.47 Å². The summed E-state index contributed by atoms with van der Waals surface area (Å²) in [6, 6.07) is 9.77. The molecule has 0 saturated carbocycles. The second kappa shape index (κ2) is 7.68. The molecule has 0 radical (unpaired) electrons. The third kappa shape index (κ3) is 3.88. The maximum absolute atomic E-state index is 5.79. The minimum absolute atomic E-state index is 0.422. The van der Waals surface area contributed by atoms with E-state index in [1.54, 1.807) is 20.3 Å². The molecule has 1 fully saturated rings. The van der Waals surface area contributed by atoms with Gasteiger partial charge in [-0.25, -0.2) is 0 Å². The molecule has 2 aromatic rings.